The number of nitrogens with zero attached hydrogens (tertiary/aromatic N) is 3. The van der Waals surface area contributed by atoms with Crippen molar-refractivity contribution in [3.8, 4) is 11.1 Å². The van der Waals surface area contributed by atoms with Crippen molar-refractivity contribution in [2.24, 2.45) is 0 Å². The smallest absolute Gasteiger partial charge is 0.182 e. The van der Waals surface area contributed by atoms with E-state index >= 15 is 0 Å². The van der Waals surface area contributed by atoms with Crippen LogP contribution in [0.15, 0.2) is 149 Å². The second-order valence-electron chi connectivity index (χ2n) is 14.4. The average Bonchev–Trinajstić information content (AvgIpc) is 3.97. The average molecular weight is 656 g/mol. The van der Waals surface area contributed by atoms with Crippen LogP contribution in [0.4, 0.5) is 17.1 Å². The number of furan rings is 1. The van der Waals surface area contributed by atoms with Crippen LogP contribution in [0.1, 0.15) is 25.0 Å². The normalized spacial score (nSPS) is 13.8. The standard InChI is InChI=1S/C46H29N3O2/c1-46(2)36-12-6-3-9-29(36)30-18-15-27(22-37(30)46)48(28-16-19-32-31-10-5-8-14-41(31)51-42(32)23-28)26-17-20-40-34(21-26)35-24-38-45(50-25-47-38)43-33-11-4-7-13-39(33)49(40)44(35)43/h3-25H,1-2H3. The number of rotatable bonds is 3. The Bertz CT molecular complexity index is 3250. The summed E-state index contributed by atoms with van der Waals surface area (Å²) in [5, 5.41) is 6.86. The summed E-state index contributed by atoms with van der Waals surface area (Å²) >= 11 is 0. The van der Waals surface area contributed by atoms with Crippen LogP contribution < -0.4 is 4.90 Å². The molecule has 4 aromatic heterocycles. The molecule has 0 bridgehead atoms. The Morgan fingerprint density at radius 1 is 0.569 bits per heavy atom. The summed E-state index contributed by atoms with van der Waals surface area (Å²) in [5.74, 6) is 0. The maximum absolute atomic E-state index is 6.44. The molecule has 4 heterocycles. The minimum atomic E-state index is -0.128. The van der Waals surface area contributed by atoms with Gasteiger partial charge in [0, 0.05) is 55.5 Å². The fraction of sp³-hybridized carbons (Fsp3) is 0.0652. The lowest BCUT2D eigenvalue weighted by Gasteiger charge is -2.28. The molecule has 0 radical (unpaired) electrons. The maximum atomic E-state index is 6.44. The van der Waals surface area contributed by atoms with E-state index < -0.39 is 0 Å². The van der Waals surface area contributed by atoms with Gasteiger partial charge in [0.2, 0.25) is 0 Å². The SMILES string of the molecule is CC1(C)c2ccccc2-c2ccc(N(c3ccc4c(c3)oc3ccccc34)c3ccc4c(c3)c3cc5ncoc5c5c6ccccc6n4c35)cc21. The van der Waals surface area contributed by atoms with Crippen LogP contribution in [0.2, 0.25) is 0 Å². The lowest BCUT2D eigenvalue weighted by Crippen LogP contribution is -2.16. The molecule has 12 rings (SSSR count). The zero-order valence-electron chi connectivity index (χ0n) is 27.9. The first-order valence-electron chi connectivity index (χ1n) is 17.4. The van der Waals surface area contributed by atoms with Gasteiger partial charge in [0.25, 0.3) is 0 Å². The molecule has 0 saturated carbocycles. The van der Waals surface area contributed by atoms with E-state index in [0.717, 1.165) is 71.9 Å². The molecule has 0 aliphatic heterocycles. The quantitative estimate of drug-likeness (QED) is 0.190. The lowest BCUT2D eigenvalue weighted by atomic mass is 9.82. The highest BCUT2D eigenvalue weighted by Gasteiger charge is 2.36. The molecule has 0 N–H and O–H groups in total. The van der Waals surface area contributed by atoms with Crippen molar-refractivity contribution in [3.63, 3.8) is 0 Å². The minimum Gasteiger partial charge on any atom is -0.456 e. The van der Waals surface area contributed by atoms with Gasteiger partial charge in [-0.1, -0.05) is 80.6 Å². The first-order valence-corrected chi connectivity index (χ1v) is 17.4. The Morgan fingerprint density at radius 3 is 2.22 bits per heavy atom. The predicted octanol–water partition coefficient (Wildman–Crippen LogP) is 12.7. The van der Waals surface area contributed by atoms with E-state index in [1.54, 1.807) is 6.39 Å². The van der Waals surface area contributed by atoms with Crippen LogP contribution in [0.25, 0.3) is 82.3 Å². The van der Waals surface area contributed by atoms with Gasteiger partial charge in [-0.15, -0.1) is 0 Å². The molecule has 7 aromatic carbocycles. The number of hydrogen-bond acceptors (Lipinski definition) is 4. The number of para-hydroxylation sites is 2. The van der Waals surface area contributed by atoms with Gasteiger partial charge in [0.1, 0.15) is 16.7 Å². The molecule has 5 heteroatoms. The van der Waals surface area contributed by atoms with Gasteiger partial charge < -0.3 is 18.1 Å². The van der Waals surface area contributed by atoms with Crippen LogP contribution in [0, 0.1) is 0 Å². The number of aromatic nitrogens is 2. The van der Waals surface area contributed by atoms with Gasteiger partial charge in [-0.2, -0.15) is 0 Å². The molecule has 0 atom stereocenters. The molecule has 11 aromatic rings. The molecule has 0 amide bonds. The second-order valence-corrected chi connectivity index (χ2v) is 14.4. The van der Waals surface area contributed by atoms with Crippen molar-refractivity contribution in [1.29, 1.82) is 0 Å². The fourth-order valence-corrected chi connectivity index (χ4v) is 9.14. The van der Waals surface area contributed by atoms with Crippen LogP contribution >= 0.6 is 0 Å². The lowest BCUT2D eigenvalue weighted by molar-refractivity contribution is 0.605. The van der Waals surface area contributed by atoms with Crippen molar-refractivity contribution >= 4 is 88.2 Å². The van der Waals surface area contributed by atoms with Gasteiger partial charge in [-0.25, -0.2) is 4.98 Å². The van der Waals surface area contributed by atoms with E-state index in [0.29, 0.717) is 0 Å². The van der Waals surface area contributed by atoms with Gasteiger partial charge in [-0.3, -0.25) is 0 Å². The Hall–Kier alpha value is -6.59. The highest BCUT2D eigenvalue weighted by Crippen LogP contribution is 2.51. The number of benzene rings is 7. The third-order valence-electron chi connectivity index (χ3n) is 11.4. The number of anilines is 3. The zero-order chi connectivity index (χ0) is 33.6. The summed E-state index contributed by atoms with van der Waals surface area (Å²) in [7, 11) is 0. The molecule has 0 saturated heterocycles. The first kappa shape index (κ1) is 27.3. The number of hydrogen-bond donors (Lipinski definition) is 0. The number of fused-ring (bicyclic) bond motifs is 14. The summed E-state index contributed by atoms with van der Waals surface area (Å²) in [6.45, 7) is 4.68. The van der Waals surface area contributed by atoms with Crippen LogP contribution in [-0.2, 0) is 5.41 Å². The van der Waals surface area contributed by atoms with Crippen LogP contribution in [-0.4, -0.2) is 9.38 Å². The van der Waals surface area contributed by atoms with Gasteiger partial charge >= 0.3 is 0 Å². The molecule has 51 heavy (non-hydrogen) atoms. The third-order valence-corrected chi connectivity index (χ3v) is 11.4. The highest BCUT2D eigenvalue weighted by atomic mass is 16.3. The Kier molecular flexibility index (Phi) is 4.99. The topological polar surface area (TPSA) is 46.8 Å². The molecule has 0 spiro atoms. The van der Waals surface area contributed by atoms with E-state index in [1.165, 1.54) is 38.5 Å². The summed E-state index contributed by atoms with van der Waals surface area (Å²) in [4.78, 5) is 7.01. The van der Waals surface area contributed by atoms with E-state index in [4.69, 9.17) is 8.83 Å². The van der Waals surface area contributed by atoms with Crippen molar-refractivity contribution in [2.45, 2.75) is 19.3 Å². The minimum absolute atomic E-state index is 0.128. The monoisotopic (exact) mass is 655 g/mol. The van der Waals surface area contributed by atoms with Crippen molar-refractivity contribution < 1.29 is 8.83 Å². The predicted molar refractivity (Wildman–Crippen MR) is 208 cm³/mol. The van der Waals surface area contributed by atoms with Gasteiger partial charge in [-0.05, 0) is 82.9 Å². The summed E-state index contributed by atoms with van der Waals surface area (Å²) in [6, 6.07) is 48.3. The maximum Gasteiger partial charge on any atom is 0.182 e. The number of oxazole rings is 1. The third kappa shape index (κ3) is 3.43. The molecular weight excluding hydrogens is 627 g/mol. The van der Waals surface area contributed by atoms with Crippen molar-refractivity contribution in [3.05, 3.63) is 151 Å². The molecule has 240 valence electrons. The van der Waals surface area contributed by atoms with E-state index in [1.807, 2.05) is 12.1 Å². The molecular formula is C46H29N3O2. The molecule has 5 nitrogen and oxygen atoms in total. The van der Waals surface area contributed by atoms with Crippen LogP contribution in [0.3, 0.4) is 0 Å². The Labute approximate surface area is 291 Å². The molecule has 1 aliphatic rings. The van der Waals surface area contributed by atoms with Gasteiger partial charge in [0.15, 0.2) is 12.0 Å². The zero-order valence-corrected chi connectivity index (χ0v) is 27.9. The second kappa shape index (κ2) is 9.34. The van der Waals surface area contributed by atoms with E-state index in [-0.39, 0.29) is 5.41 Å². The summed E-state index contributed by atoms with van der Waals surface area (Å²) in [5.41, 5.74) is 15.4. The fourth-order valence-electron chi connectivity index (χ4n) is 9.14. The van der Waals surface area contributed by atoms with E-state index in [2.05, 4.69) is 149 Å². The Morgan fingerprint density at radius 2 is 1.27 bits per heavy atom. The molecule has 1 aliphatic carbocycles. The molecule has 0 fully saturated rings. The first-order chi connectivity index (χ1) is 25.0. The summed E-state index contributed by atoms with van der Waals surface area (Å²) in [6.07, 6.45) is 1.56. The molecule has 0 unspecified atom stereocenters. The van der Waals surface area contributed by atoms with Crippen LogP contribution in [0.5, 0.6) is 0 Å². The largest absolute Gasteiger partial charge is 0.456 e. The van der Waals surface area contributed by atoms with E-state index in [9.17, 15) is 0 Å². The van der Waals surface area contributed by atoms with Crippen molar-refractivity contribution in [2.75, 3.05) is 4.90 Å². The van der Waals surface area contributed by atoms with Crippen molar-refractivity contribution in [1.82, 2.24) is 9.38 Å². The highest BCUT2D eigenvalue weighted by molar-refractivity contribution is 6.30. The van der Waals surface area contributed by atoms with Gasteiger partial charge in [0.05, 0.1) is 21.9 Å². The summed E-state index contributed by atoms with van der Waals surface area (Å²) < 4.78 is 14.8. The Balaban J connectivity index is 1.14.